The van der Waals surface area contributed by atoms with Crippen LogP contribution in [0.25, 0.3) is 0 Å². The van der Waals surface area contributed by atoms with Gasteiger partial charge in [0.25, 0.3) is 0 Å². The van der Waals surface area contributed by atoms with Crippen molar-refractivity contribution in [3.8, 4) is 0 Å². The number of hydrogen-bond acceptors (Lipinski definition) is 3. The summed E-state index contributed by atoms with van der Waals surface area (Å²) in [5.74, 6) is 0.940. The van der Waals surface area contributed by atoms with Crippen LogP contribution in [0.15, 0.2) is 0 Å². The minimum atomic E-state index is 0.678. The molecule has 2 aliphatic heterocycles. The van der Waals surface area contributed by atoms with E-state index in [0.717, 1.165) is 25.7 Å². The molecule has 0 aliphatic carbocycles. The van der Waals surface area contributed by atoms with Crippen LogP contribution in [-0.4, -0.2) is 50.3 Å². The van der Waals surface area contributed by atoms with Gasteiger partial charge in [0.05, 0.1) is 13.2 Å². The van der Waals surface area contributed by atoms with E-state index in [-0.39, 0.29) is 0 Å². The van der Waals surface area contributed by atoms with Gasteiger partial charge in [-0.05, 0) is 38.4 Å². The molecule has 0 bridgehead atoms. The van der Waals surface area contributed by atoms with E-state index < -0.39 is 0 Å². The molecule has 82 valence electrons. The topological polar surface area (TPSA) is 24.5 Å². The number of rotatable bonds is 4. The van der Waals surface area contributed by atoms with Gasteiger partial charge in [-0.2, -0.15) is 0 Å². The summed E-state index contributed by atoms with van der Waals surface area (Å²) in [5.41, 5.74) is 0. The van der Waals surface area contributed by atoms with E-state index >= 15 is 0 Å². The van der Waals surface area contributed by atoms with Crippen LogP contribution >= 0.6 is 0 Å². The van der Waals surface area contributed by atoms with E-state index in [1.165, 1.54) is 32.5 Å². The molecule has 2 saturated heterocycles. The molecule has 0 spiro atoms. The Morgan fingerprint density at radius 1 is 1.43 bits per heavy atom. The molecule has 2 heterocycles. The predicted octanol–water partition coefficient (Wildman–Crippen LogP) is 0.707. The Kier molecular flexibility index (Phi) is 3.79. The average molecular weight is 198 g/mol. The lowest BCUT2D eigenvalue weighted by Gasteiger charge is -2.37. The van der Waals surface area contributed by atoms with Crippen LogP contribution in [0.1, 0.15) is 19.8 Å². The van der Waals surface area contributed by atoms with Gasteiger partial charge in [0.15, 0.2) is 0 Å². The van der Waals surface area contributed by atoms with Crippen LogP contribution in [0.2, 0.25) is 0 Å². The second kappa shape index (κ2) is 5.10. The molecule has 3 heteroatoms. The summed E-state index contributed by atoms with van der Waals surface area (Å²) in [6.07, 6.45) is 2.59. The second-order valence-electron chi connectivity index (χ2n) is 4.49. The van der Waals surface area contributed by atoms with E-state index in [4.69, 9.17) is 4.74 Å². The zero-order chi connectivity index (χ0) is 9.80. The van der Waals surface area contributed by atoms with Gasteiger partial charge in [0.1, 0.15) is 0 Å². The van der Waals surface area contributed by atoms with Gasteiger partial charge >= 0.3 is 0 Å². The standard InChI is InChI=1S/C11H22N2O/c1-2-11-9-14-6-5-13(11)4-3-10-7-12-8-10/h10-12H,2-9H2,1H3. The smallest absolute Gasteiger partial charge is 0.0622 e. The Morgan fingerprint density at radius 3 is 2.93 bits per heavy atom. The maximum Gasteiger partial charge on any atom is 0.0622 e. The number of hydrogen-bond donors (Lipinski definition) is 1. The highest BCUT2D eigenvalue weighted by Gasteiger charge is 2.23. The SMILES string of the molecule is CCC1COCCN1CCC1CNC1. The minimum absolute atomic E-state index is 0.678. The van der Waals surface area contributed by atoms with Gasteiger partial charge < -0.3 is 10.1 Å². The zero-order valence-corrected chi connectivity index (χ0v) is 9.17. The first-order chi connectivity index (χ1) is 6.90. The molecule has 1 unspecified atom stereocenters. The molecule has 2 fully saturated rings. The fourth-order valence-electron chi connectivity index (χ4n) is 2.26. The molecule has 0 aromatic rings. The third kappa shape index (κ3) is 2.47. The first kappa shape index (κ1) is 10.4. The van der Waals surface area contributed by atoms with Crippen molar-refractivity contribution >= 4 is 0 Å². The van der Waals surface area contributed by atoms with Gasteiger partial charge in [-0.1, -0.05) is 6.92 Å². The molecule has 2 aliphatic rings. The summed E-state index contributed by atoms with van der Waals surface area (Å²) in [5, 5.41) is 3.33. The lowest BCUT2D eigenvalue weighted by molar-refractivity contribution is -0.0116. The fraction of sp³-hybridized carbons (Fsp3) is 1.00. The number of morpholine rings is 1. The summed E-state index contributed by atoms with van der Waals surface area (Å²) in [4.78, 5) is 2.61. The van der Waals surface area contributed by atoms with E-state index in [1.807, 2.05) is 0 Å². The van der Waals surface area contributed by atoms with Crippen molar-refractivity contribution in [2.24, 2.45) is 5.92 Å². The van der Waals surface area contributed by atoms with Gasteiger partial charge in [0.2, 0.25) is 0 Å². The number of ether oxygens (including phenoxy) is 1. The Morgan fingerprint density at radius 2 is 2.29 bits per heavy atom. The maximum atomic E-state index is 5.50. The van der Waals surface area contributed by atoms with Gasteiger partial charge in [-0.15, -0.1) is 0 Å². The van der Waals surface area contributed by atoms with Gasteiger partial charge in [-0.3, -0.25) is 4.90 Å². The molecule has 0 radical (unpaired) electrons. The molecule has 0 saturated carbocycles. The summed E-state index contributed by atoms with van der Waals surface area (Å²) in [6, 6.07) is 0.678. The van der Waals surface area contributed by atoms with Crippen molar-refractivity contribution in [3.63, 3.8) is 0 Å². The molecule has 14 heavy (non-hydrogen) atoms. The zero-order valence-electron chi connectivity index (χ0n) is 9.17. The Balaban J connectivity index is 1.70. The van der Waals surface area contributed by atoms with Crippen molar-refractivity contribution in [1.29, 1.82) is 0 Å². The molecule has 0 amide bonds. The van der Waals surface area contributed by atoms with Gasteiger partial charge in [0, 0.05) is 12.6 Å². The Labute approximate surface area is 86.8 Å². The lowest BCUT2D eigenvalue weighted by Crippen LogP contribution is -2.48. The molecule has 0 aromatic heterocycles. The van der Waals surface area contributed by atoms with Crippen LogP contribution in [0, 0.1) is 5.92 Å². The fourth-order valence-corrected chi connectivity index (χ4v) is 2.26. The van der Waals surface area contributed by atoms with E-state index in [2.05, 4.69) is 17.1 Å². The first-order valence-electron chi connectivity index (χ1n) is 5.92. The highest BCUT2D eigenvalue weighted by atomic mass is 16.5. The molecule has 3 nitrogen and oxygen atoms in total. The van der Waals surface area contributed by atoms with Crippen molar-refractivity contribution in [2.75, 3.05) is 39.4 Å². The van der Waals surface area contributed by atoms with Crippen molar-refractivity contribution in [1.82, 2.24) is 10.2 Å². The monoisotopic (exact) mass is 198 g/mol. The third-order valence-electron chi connectivity index (χ3n) is 3.51. The van der Waals surface area contributed by atoms with Crippen LogP contribution < -0.4 is 5.32 Å². The molecular formula is C11H22N2O. The van der Waals surface area contributed by atoms with E-state index in [0.29, 0.717) is 6.04 Å². The maximum absolute atomic E-state index is 5.50. The number of nitrogens with one attached hydrogen (secondary N) is 1. The molecule has 2 rings (SSSR count). The quantitative estimate of drug-likeness (QED) is 0.720. The Bertz CT molecular complexity index is 171. The third-order valence-corrected chi connectivity index (χ3v) is 3.51. The largest absolute Gasteiger partial charge is 0.378 e. The highest BCUT2D eigenvalue weighted by Crippen LogP contribution is 2.14. The highest BCUT2D eigenvalue weighted by molar-refractivity contribution is 4.79. The van der Waals surface area contributed by atoms with Crippen LogP contribution in [0.5, 0.6) is 0 Å². The van der Waals surface area contributed by atoms with Crippen molar-refractivity contribution < 1.29 is 4.74 Å². The van der Waals surface area contributed by atoms with Crippen molar-refractivity contribution in [3.05, 3.63) is 0 Å². The Hall–Kier alpha value is -0.120. The summed E-state index contributed by atoms with van der Waals surface area (Å²) < 4.78 is 5.50. The average Bonchev–Trinajstić information content (AvgIpc) is 2.16. The van der Waals surface area contributed by atoms with E-state index in [1.54, 1.807) is 0 Å². The van der Waals surface area contributed by atoms with Crippen LogP contribution in [0.3, 0.4) is 0 Å². The molecular weight excluding hydrogens is 176 g/mol. The molecule has 1 atom stereocenters. The summed E-state index contributed by atoms with van der Waals surface area (Å²) in [7, 11) is 0. The van der Waals surface area contributed by atoms with Crippen LogP contribution in [0.4, 0.5) is 0 Å². The lowest BCUT2D eigenvalue weighted by atomic mass is 9.98. The number of nitrogens with zero attached hydrogens (tertiary/aromatic N) is 1. The van der Waals surface area contributed by atoms with E-state index in [9.17, 15) is 0 Å². The van der Waals surface area contributed by atoms with Gasteiger partial charge in [-0.25, -0.2) is 0 Å². The summed E-state index contributed by atoms with van der Waals surface area (Å²) >= 11 is 0. The normalized spacial score (nSPS) is 30.2. The summed E-state index contributed by atoms with van der Waals surface area (Å²) in [6.45, 7) is 9.02. The predicted molar refractivity (Wildman–Crippen MR) is 57.4 cm³/mol. The van der Waals surface area contributed by atoms with Crippen molar-refractivity contribution in [2.45, 2.75) is 25.8 Å². The second-order valence-corrected chi connectivity index (χ2v) is 4.49. The minimum Gasteiger partial charge on any atom is -0.378 e. The molecule has 0 aromatic carbocycles. The van der Waals surface area contributed by atoms with Crippen LogP contribution in [-0.2, 0) is 4.74 Å². The first-order valence-corrected chi connectivity index (χ1v) is 5.92. The molecule has 1 N–H and O–H groups in total.